The van der Waals surface area contributed by atoms with E-state index in [1.807, 2.05) is 60.7 Å². The number of nitrogens with zero attached hydrogens (tertiary/aromatic N) is 2. The fourth-order valence-corrected chi connectivity index (χ4v) is 4.36. The van der Waals surface area contributed by atoms with E-state index in [2.05, 4.69) is 29.6 Å². The van der Waals surface area contributed by atoms with Crippen LogP contribution in [-0.4, -0.2) is 9.97 Å². The van der Waals surface area contributed by atoms with E-state index in [4.69, 9.17) is 27.3 Å². The van der Waals surface area contributed by atoms with E-state index in [1.54, 1.807) is 0 Å². The average molecular weight is 429 g/mol. The zero-order chi connectivity index (χ0) is 20.5. The van der Waals surface area contributed by atoms with Crippen LogP contribution in [0.1, 0.15) is 0 Å². The van der Waals surface area contributed by atoms with Crippen LogP contribution < -0.4 is 11.1 Å². The molecule has 146 valence electrons. The standard InChI is InChI=1S/C24H17ClN4S/c25-17-7-3-9-19(13-17)27-23-24(30-20-10-4-8-18(26)14-20)29-22-12-16-6-2-1-5-15(16)11-21(22)28-23/h1-14H,26H2,(H,27,28). The molecule has 0 bridgehead atoms. The van der Waals surface area contributed by atoms with Crippen molar-refractivity contribution in [3.8, 4) is 0 Å². The topological polar surface area (TPSA) is 63.8 Å². The van der Waals surface area contributed by atoms with Crippen molar-refractivity contribution in [2.45, 2.75) is 9.92 Å². The van der Waals surface area contributed by atoms with Gasteiger partial charge in [-0.3, -0.25) is 0 Å². The third-order valence-electron chi connectivity index (χ3n) is 4.66. The fraction of sp³-hybridized carbons (Fsp3) is 0. The molecule has 0 fully saturated rings. The lowest BCUT2D eigenvalue weighted by atomic mass is 10.1. The van der Waals surface area contributed by atoms with Crippen LogP contribution in [0.3, 0.4) is 0 Å². The van der Waals surface area contributed by atoms with Crippen LogP contribution in [-0.2, 0) is 0 Å². The molecule has 0 saturated heterocycles. The lowest BCUT2D eigenvalue weighted by Gasteiger charge is -2.13. The van der Waals surface area contributed by atoms with E-state index >= 15 is 0 Å². The largest absolute Gasteiger partial charge is 0.399 e. The molecule has 0 radical (unpaired) electrons. The molecule has 5 aromatic rings. The van der Waals surface area contributed by atoms with E-state index in [0.717, 1.165) is 37.4 Å². The maximum absolute atomic E-state index is 6.16. The summed E-state index contributed by atoms with van der Waals surface area (Å²) in [5.74, 6) is 0.674. The minimum absolute atomic E-state index is 0.657. The summed E-state index contributed by atoms with van der Waals surface area (Å²) in [6, 6.07) is 27.7. The maximum atomic E-state index is 6.16. The van der Waals surface area contributed by atoms with Crippen molar-refractivity contribution in [2.75, 3.05) is 11.1 Å². The van der Waals surface area contributed by atoms with Gasteiger partial charge in [0.2, 0.25) is 0 Å². The van der Waals surface area contributed by atoms with Crippen molar-refractivity contribution in [3.05, 3.63) is 90.0 Å². The zero-order valence-corrected chi connectivity index (χ0v) is 17.4. The molecular formula is C24H17ClN4S. The molecule has 4 aromatic carbocycles. The Kier molecular flexibility index (Phi) is 4.91. The van der Waals surface area contributed by atoms with E-state index in [9.17, 15) is 0 Å². The van der Waals surface area contributed by atoms with Crippen LogP contribution >= 0.6 is 23.4 Å². The predicted molar refractivity (Wildman–Crippen MR) is 127 cm³/mol. The smallest absolute Gasteiger partial charge is 0.164 e. The molecule has 0 spiro atoms. The van der Waals surface area contributed by atoms with Gasteiger partial charge < -0.3 is 11.1 Å². The van der Waals surface area contributed by atoms with Crippen LogP contribution in [0.4, 0.5) is 17.2 Å². The molecular weight excluding hydrogens is 412 g/mol. The highest BCUT2D eigenvalue weighted by atomic mass is 35.5. The van der Waals surface area contributed by atoms with Gasteiger partial charge in [0.25, 0.3) is 0 Å². The van der Waals surface area contributed by atoms with E-state index in [0.29, 0.717) is 16.5 Å². The minimum atomic E-state index is 0.657. The van der Waals surface area contributed by atoms with Crippen molar-refractivity contribution in [3.63, 3.8) is 0 Å². The van der Waals surface area contributed by atoms with Crippen LogP contribution in [0.5, 0.6) is 0 Å². The first kappa shape index (κ1) is 18.7. The summed E-state index contributed by atoms with van der Waals surface area (Å²) >= 11 is 7.69. The molecule has 30 heavy (non-hydrogen) atoms. The first-order chi connectivity index (χ1) is 14.6. The van der Waals surface area contributed by atoms with Gasteiger partial charge in [0.15, 0.2) is 5.82 Å². The summed E-state index contributed by atoms with van der Waals surface area (Å²) in [4.78, 5) is 10.8. The number of rotatable bonds is 4. The van der Waals surface area contributed by atoms with Gasteiger partial charge in [-0.15, -0.1) is 0 Å². The van der Waals surface area contributed by atoms with E-state index in [-0.39, 0.29) is 0 Å². The molecule has 0 aliphatic rings. The maximum Gasteiger partial charge on any atom is 0.164 e. The van der Waals surface area contributed by atoms with Crippen LogP contribution in [0, 0.1) is 0 Å². The Hall–Kier alpha value is -3.28. The second-order valence-corrected chi connectivity index (χ2v) is 8.37. The van der Waals surface area contributed by atoms with Gasteiger partial charge in [-0.1, -0.05) is 59.8 Å². The Morgan fingerprint density at radius 1 is 0.767 bits per heavy atom. The highest BCUT2D eigenvalue weighted by Crippen LogP contribution is 2.35. The predicted octanol–water partition coefficient (Wildman–Crippen LogP) is 6.91. The number of hydrogen-bond acceptors (Lipinski definition) is 5. The van der Waals surface area contributed by atoms with Gasteiger partial charge in [-0.2, -0.15) is 0 Å². The molecule has 0 atom stereocenters. The van der Waals surface area contributed by atoms with Gasteiger partial charge in [0, 0.05) is 21.3 Å². The molecule has 0 unspecified atom stereocenters. The number of nitrogens with one attached hydrogen (secondary N) is 1. The Labute approximate surface area is 183 Å². The highest BCUT2D eigenvalue weighted by Gasteiger charge is 2.13. The van der Waals surface area contributed by atoms with Crippen molar-refractivity contribution < 1.29 is 0 Å². The Balaban J connectivity index is 1.65. The molecule has 6 heteroatoms. The monoisotopic (exact) mass is 428 g/mol. The molecule has 4 nitrogen and oxygen atoms in total. The molecule has 0 amide bonds. The average Bonchev–Trinajstić information content (AvgIpc) is 2.73. The third-order valence-corrected chi connectivity index (χ3v) is 5.86. The first-order valence-electron chi connectivity index (χ1n) is 9.41. The molecule has 1 aromatic heterocycles. The summed E-state index contributed by atoms with van der Waals surface area (Å²) in [7, 11) is 0. The first-order valence-corrected chi connectivity index (χ1v) is 10.6. The number of nitrogens with two attached hydrogens (primary N) is 1. The lowest BCUT2D eigenvalue weighted by molar-refractivity contribution is 1.12. The van der Waals surface area contributed by atoms with Gasteiger partial charge in [-0.25, -0.2) is 9.97 Å². The Bertz CT molecular complexity index is 1280. The zero-order valence-electron chi connectivity index (χ0n) is 15.8. The second kappa shape index (κ2) is 7.86. The van der Waals surface area contributed by atoms with Crippen molar-refractivity contribution >= 4 is 62.4 Å². The van der Waals surface area contributed by atoms with E-state index < -0.39 is 0 Å². The quantitative estimate of drug-likeness (QED) is 0.240. The fourth-order valence-electron chi connectivity index (χ4n) is 3.27. The van der Waals surface area contributed by atoms with Crippen LogP contribution in [0.25, 0.3) is 21.8 Å². The highest BCUT2D eigenvalue weighted by molar-refractivity contribution is 7.99. The summed E-state index contributed by atoms with van der Waals surface area (Å²) in [5.41, 5.74) is 9.20. The lowest BCUT2D eigenvalue weighted by Crippen LogP contribution is -1.99. The van der Waals surface area contributed by atoms with E-state index in [1.165, 1.54) is 11.8 Å². The Morgan fingerprint density at radius 3 is 2.23 bits per heavy atom. The van der Waals surface area contributed by atoms with Gasteiger partial charge in [0.1, 0.15) is 5.03 Å². The van der Waals surface area contributed by atoms with Crippen molar-refractivity contribution in [1.29, 1.82) is 0 Å². The summed E-state index contributed by atoms with van der Waals surface area (Å²) < 4.78 is 0. The number of aromatic nitrogens is 2. The Morgan fingerprint density at radius 2 is 1.50 bits per heavy atom. The summed E-state index contributed by atoms with van der Waals surface area (Å²) in [6.45, 7) is 0. The molecule has 5 rings (SSSR count). The number of benzene rings is 4. The normalized spacial score (nSPS) is 11.1. The summed E-state index contributed by atoms with van der Waals surface area (Å²) in [6.07, 6.45) is 0. The van der Waals surface area contributed by atoms with Crippen molar-refractivity contribution in [2.24, 2.45) is 0 Å². The van der Waals surface area contributed by atoms with Crippen LogP contribution in [0.2, 0.25) is 5.02 Å². The van der Waals surface area contributed by atoms with Crippen molar-refractivity contribution in [1.82, 2.24) is 9.97 Å². The minimum Gasteiger partial charge on any atom is -0.399 e. The SMILES string of the molecule is Nc1cccc(Sc2nc3cc4ccccc4cc3nc2Nc2cccc(Cl)c2)c1. The molecule has 0 saturated carbocycles. The number of anilines is 3. The number of hydrogen-bond donors (Lipinski definition) is 2. The molecule has 0 aliphatic carbocycles. The summed E-state index contributed by atoms with van der Waals surface area (Å²) in [5, 5.41) is 7.07. The molecule has 1 heterocycles. The molecule has 3 N–H and O–H groups in total. The number of nitrogen functional groups attached to an aromatic ring is 1. The second-order valence-electron chi connectivity index (χ2n) is 6.88. The van der Waals surface area contributed by atoms with Gasteiger partial charge >= 0.3 is 0 Å². The van der Waals surface area contributed by atoms with Gasteiger partial charge in [0.05, 0.1) is 11.0 Å². The number of halogens is 1. The number of fused-ring (bicyclic) bond motifs is 2. The van der Waals surface area contributed by atoms with Crippen LogP contribution in [0.15, 0.2) is 94.9 Å². The van der Waals surface area contributed by atoms with Gasteiger partial charge in [-0.05, 0) is 59.3 Å². The molecule has 0 aliphatic heterocycles. The third kappa shape index (κ3) is 3.90.